The normalized spacial score (nSPS) is 26.1. The summed E-state index contributed by atoms with van der Waals surface area (Å²) in [6, 6.07) is 2.21. The maximum absolute atomic E-state index is 5.75. The van der Waals surface area contributed by atoms with E-state index in [1.165, 1.54) is 0 Å². The van der Waals surface area contributed by atoms with Gasteiger partial charge in [0.25, 0.3) is 0 Å². The third kappa shape index (κ3) is 3.25. The lowest BCUT2D eigenvalue weighted by Crippen LogP contribution is -2.47. The monoisotopic (exact) mass is 299 g/mol. The molecule has 0 aliphatic carbocycles. The minimum atomic E-state index is 0.142. The van der Waals surface area contributed by atoms with Crippen LogP contribution in [-0.4, -0.2) is 23.7 Å². The van der Waals surface area contributed by atoms with Crippen molar-refractivity contribution in [2.24, 2.45) is 11.8 Å². The summed E-state index contributed by atoms with van der Waals surface area (Å²) in [5.41, 5.74) is 4.03. The second-order valence-electron chi connectivity index (χ2n) is 4.59. The highest BCUT2D eigenvalue weighted by Gasteiger charge is 2.31. The van der Waals surface area contributed by atoms with Crippen LogP contribution in [-0.2, 0) is 11.2 Å². The van der Waals surface area contributed by atoms with E-state index in [0.29, 0.717) is 5.92 Å². The zero-order valence-corrected chi connectivity index (χ0v) is 11.5. The minimum absolute atomic E-state index is 0.142. The standard InChI is InChI=1S/C12H18BrN3O/c1-8-2-3-17-12(8)11(16-14)5-9-4-10(13)7-15-6-9/h4,6-8,11-12,16H,2-3,5,14H2,1H3. The summed E-state index contributed by atoms with van der Waals surface area (Å²) in [4.78, 5) is 4.16. The van der Waals surface area contributed by atoms with Crippen LogP contribution in [0.3, 0.4) is 0 Å². The van der Waals surface area contributed by atoms with Crippen molar-refractivity contribution in [1.29, 1.82) is 0 Å². The fourth-order valence-corrected chi connectivity index (χ4v) is 2.73. The van der Waals surface area contributed by atoms with Gasteiger partial charge in [0, 0.05) is 23.5 Å². The van der Waals surface area contributed by atoms with Gasteiger partial charge in [-0.1, -0.05) is 6.92 Å². The Kier molecular flexibility index (Phi) is 4.50. The van der Waals surface area contributed by atoms with Crippen molar-refractivity contribution in [2.45, 2.75) is 31.9 Å². The van der Waals surface area contributed by atoms with Crippen LogP contribution in [0, 0.1) is 5.92 Å². The molecular weight excluding hydrogens is 282 g/mol. The molecule has 2 rings (SSSR count). The molecule has 1 aliphatic rings. The first kappa shape index (κ1) is 13.0. The fourth-order valence-electron chi connectivity index (χ4n) is 2.32. The van der Waals surface area contributed by atoms with Crippen molar-refractivity contribution < 1.29 is 4.74 Å². The molecule has 0 radical (unpaired) electrons. The number of hydrogen-bond donors (Lipinski definition) is 2. The molecule has 17 heavy (non-hydrogen) atoms. The molecule has 0 aromatic carbocycles. The highest BCUT2D eigenvalue weighted by Crippen LogP contribution is 2.24. The molecule has 1 aromatic rings. The van der Waals surface area contributed by atoms with Crippen LogP contribution < -0.4 is 11.3 Å². The first-order valence-corrected chi connectivity index (χ1v) is 6.67. The second-order valence-corrected chi connectivity index (χ2v) is 5.51. The molecule has 1 fully saturated rings. The maximum atomic E-state index is 5.75. The van der Waals surface area contributed by atoms with E-state index in [1.807, 2.05) is 6.20 Å². The molecule has 1 saturated heterocycles. The SMILES string of the molecule is CC1CCOC1C(Cc1cncc(Br)c1)NN. The average Bonchev–Trinajstić information content (AvgIpc) is 2.72. The van der Waals surface area contributed by atoms with Crippen molar-refractivity contribution >= 4 is 15.9 Å². The molecule has 3 unspecified atom stereocenters. The maximum Gasteiger partial charge on any atom is 0.0771 e. The highest BCUT2D eigenvalue weighted by atomic mass is 79.9. The van der Waals surface area contributed by atoms with Gasteiger partial charge in [0.05, 0.1) is 12.1 Å². The number of ether oxygens (including phenoxy) is 1. The Morgan fingerprint density at radius 2 is 2.47 bits per heavy atom. The Bertz CT molecular complexity index is 375. The quantitative estimate of drug-likeness (QED) is 0.655. The zero-order valence-electron chi connectivity index (χ0n) is 9.90. The lowest BCUT2D eigenvalue weighted by Gasteiger charge is -2.25. The summed E-state index contributed by atoms with van der Waals surface area (Å²) in [5.74, 6) is 6.19. The van der Waals surface area contributed by atoms with Crippen molar-refractivity contribution in [2.75, 3.05) is 6.61 Å². The van der Waals surface area contributed by atoms with E-state index < -0.39 is 0 Å². The van der Waals surface area contributed by atoms with Gasteiger partial charge >= 0.3 is 0 Å². The van der Waals surface area contributed by atoms with Gasteiger partial charge < -0.3 is 4.74 Å². The summed E-state index contributed by atoms with van der Waals surface area (Å²) in [6.07, 6.45) is 5.79. The highest BCUT2D eigenvalue weighted by molar-refractivity contribution is 9.10. The average molecular weight is 300 g/mol. The predicted molar refractivity (Wildman–Crippen MR) is 70.3 cm³/mol. The Labute approximate surface area is 110 Å². The topological polar surface area (TPSA) is 60.2 Å². The van der Waals surface area contributed by atoms with E-state index in [9.17, 15) is 0 Å². The van der Waals surface area contributed by atoms with E-state index in [4.69, 9.17) is 10.6 Å². The van der Waals surface area contributed by atoms with Gasteiger partial charge in [-0.3, -0.25) is 16.3 Å². The van der Waals surface area contributed by atoms with E-state index in [2.05, 4.69) is 39.3 Å². The number of nitrogens with two attached hydrogens (primary N) is 1. The number of aromatic nitrogens is 1. The Morgan fingerprint density at radius 1 is 1.65 bits per heavy atom. The lowest BCUT2D eigenvalue weighted by atomic mass is 9.94. The molecule has 0 bridgehead atoms. The summed E-state index contributed by atoms with van der Waals surface area (Å²) in [7, 11) is 0. The van der Waals surface area contributed by atoms with Crippen LogP contribution >= 0.6 is 15.9 Å². The predicted octanol–water partition coefficient (Wildman–Crippen LogP) is 1.64. The molecule has 4 nitrogen and oxygen atoms in total. The third-order valence-corrected chi connectivity index (χ3v) is 3.71. The van der Waals surface area contributed by atoms with Crippen molar-refractivity contribution in [3.63, 3.8) is 0 Å². The number of hydrazine groups is 1. The van der Waals surface area contributed by atoms with Gasteiger partial charge in [0.15, 0.2) is 0 Å². The van der Waals surface area contributed by atoms with E-state index in [-0.39, 0.29) is 12.1 Å². The molecule has 0 saturated carbocycles. The molecule has 1 aliphatic heterocycles. The molecule has 1 aromatic heterocycles. The van der Waals surface area contributed by atoms with E-state index in [0.717, 1.165) is 29.5 Å². The van der Waals surface area contributed by atoms with Crippen LogP contribution in [0.25, 0.3) is 0 Å². The molecule has 5 heteroatoms. The first-order chi connectivity index (χ1) is 8.20. The largest absolute Gasteiger partial charge is 0.376 e. The van der Waals surface area contributed by atoms with Gasteiger partial charge in [-0.25, -0.2) is 0 Å². The van der Waals surface area contributed by atoms with Crippen molar-refractivity contribution in [1.82, 2.24) is 10.4 Å². The van der Waals surface area contributed by atoms with Gasteiger partial charge in [-0.05, 0) is 46.3 Å². The van der Waals surface area contributed by atoms with E-state index >= 15 is 0 Å². The molecule has 2 heterocycles. The van der Waals surface area contributed by atoms with Crippen LogP contribution in [0.15, 0.2) is 22.9 Å². The molecule has 3 N–H and O–H groups in total. The van der Waals surface area contributed by atoms with Crippen LogP contribution in [0.2, 0.25) is 0 Å². The molecular formula is C12H18BrN3O. The molecule has 94 valence electrons. The Balaban J connectivity index is 2.04. The van der Waals surface area contributed by atoms with Crippen LogP contribution in [0.4, 0.5) is 0 Å². The van der Waals surface area contributed by atoms with Crippen LogP contribution in [0.1, 0.15) is 18.9 Å². The number of nitrogens with one attached hydrogen (secondary N) is 1. The summed E-state index contributed by atoms with van der Waals surface area (Å²) >= 11 is 3.42. The fraction of sp³-hybridized carbons (Fsp3) is 0.583. The first-order valence-electron chi connectivity index (χ1n) is 5.88. The van der Waals surface area contributed by atoms with E-state index in [1.54, 1.807) is 6.20 Å². The van der Waals surface area contributed by atoms with Gasteiger partial charge in [0.2, 0.25) is 0 Å². The number of halogens is 1. The summed E-state index contributed by atoms with van der Waals surface area (Å²) in [6.45, 7) is 3.04. The van der Waals surface area contributed by atoms with Crippen molar-refractivity contribution in [3.8, 4) is 0 Å². The Hall–Kier alpha value is -0.490. The summed E-state index contributed by atoms with van der Waals surface area (Å²) in [5, 5.41) is 0. The van der Waals surface area contributed by atoms with Gasteiger partial charge in [0.1, 0.15) is 0 Å². The number of nitrogens with zero attached hydrogens (tertiary/aromatic N) is 1. The third-order valence-electron chi connectivity index (χ3n) is 3.27. The molecule has 0 amide bonds. The number of hydrogen-bond acceptors (Lipinski definition) is 4. The lowest BCUT2D eigenvalue weighted by molar-refractivity contribution is 0.0610. The number of rotatable bonds is 4. The van der Waals surface area contributed by atoms with Gasteiger partial charge in [-0.2, -0.15) is 0 Å². The smallest absolute Gasteiger partial charge is 0.0771 e. The minimum Gasteiger partial charge on any atom is -0.376 e. The molecule has 3 atom stereocenters. The zero-order chi connectivity index (χ0) is 12.3. The Morgan fingerprint density at radius 3 is 3.06 bits per heavy atom. The molecule has 0 spiro atoms. The number of pyridine rings is 1. The van der Waals surface area contributed by atoms with Gasteiger partial charge in [-0.15, -0.1) is 0 Å². The van der Waals surface area contributed by atoms with Crippen molar-refractivity contribution in [3.05, 3.63) is 28.5 Å². The summed E-state index contributed by atoms with van der Waals surface area (Å²) < 4.78 is 6.74. The van der Waals surface area contributed by atoms with Crippen LogP contribution in [0.5, 0.6) is 0 Å². The second kappa shape index (κ2) is 5.91.